The summed E-state index contributed by atoms with van der Waals surface area (Å²) < 4.78 is 6.16. The molecule has 48 heavy (non-hydrogen) atoms. The predicted octanol–water partition coefficient (Wildman–Crippen LogP) is 12.4. The third-order valence-corrected chi connectivity index (χ3v) is 12.6. The Labute approximate surface area is 281 Å². The van der Waals surface area contributed by atoms with Crippen molar-refractivity contribution >= 4 is 39.0 Å². The van der Waals surface area contributed by atoms with E-state index >= 15 is 0 Å². The zero-order chi connectivity index (χ0) is 31.4. The van der Waals surface area contributed by atoms with Crippen molar-refractivity contribution in [2.45, 2.75) is 37.5 Å². The summed E-state index contributed by atoms with van der Waals surface area (Å²) in [5, 5.41) is 2.28. The van der Waals surface area contributed by atoms with Crippen LogP contribution in [0.1, 0.15) is 43.2 Å². The lowest BCUT2D eigenvalue weighted by Gasteiger charge is -2.61. The standard InChI is InChI=1S/C46H37NO/c1-2-8-35(9-3-1)47(37-19-21-45-41(28-37)39-11-5-7-13-44(39)48-45)36-17-14-31(15-18-36)32-16-20-43-40(27-32)38-10-4-6-12-42(38)46(43)33-23-29-22-30(25-33)26-34(46)24-29/h1-21,27-30,33-34H,22-26H2. The SMILES string of the molecule is c1ccc(N(c2ccc(-c3ccc4c(c3)-c3ccccc3C43C4CC5CC(C4)CC3C5)cc2)c2ccc3oc4ccccc4c3c2)cc1. The fourth-order valence-electron chi connectivity index (χ4n) is 11.0. The van der Waals surface area contributed by atoms with Crippen LogP contribution in [0.15, 0.2) is 144 Å². The Balaban J connectivity index is 0.998. The average molecular weight is 620 g/mol. The van der Waals surface area contributed by atoms with Gasteiger partial charge in [-0.2, -0.15) is 0 Å². The van der Waals surface area contributed by atoms with Crippen molar-refractivity contribution in [1.82, 2.24) is 0 Å². The van der Waals surface area contributed by atoms with Crippen LogP contribution in [-0.2, 0) is 5.41 Å². The highest BCUT2D eigenvalue weighted by molar-refractivity contribution is 6.06. The van der Waals surface area contributed by atoms with Crippen LogP contribution in [0, 0.1) is 23.7 Å². The van der Waals surface area contributed by atoms with E-state index in [4.69, 9.17) is 4.42 Å². The molecule has 2 heteroatoms. The van der Waals surface area contributed by atoms with Crippen LogP contribution in [0.3, 0.4) is 0 Å². The van der Waals surface area contributed by atoms with Gasteiger partial charge >= 0.3 is 0 Å². The molecule has 5 aliphatic carbocycles. The van der Waals surface area contributed by atoms with Gasteiger partial charge in [-0.15, -0.1) is 0 Å². The normalized spacial score (nSPS) is 24.8. The molecule has 0 aliphatic heterocycles. The minimum atomic E-state index is 0.222. The molecule has 1 spiro atoms. The predicted molar refractivity (Wildman–Crippen MR) is 197 cm³/mol. The summed E-state index contributed by atoms with van der Waals surface area (Å²) in [7, 11) is 0. The fourth-order valence-corrected chi connectivity index (χ4v) is 11.0. The molecule has 0 N–H and O–H groups in total. The van der Waals surface area contributed by atoms with Gasteiger partial charge in [0.25, 0.3) is 0 Å². The third kappa shape index (κ3) is 3.69. The number of rotatable bonds is 4. The summed E-state index contributed by atoms with van der Waals surface area (Å²) >= 11 is 0. The Morgan fingerprint density at radius 1 is 0.458 bits per heavy atom. The zero-order valence-electron chi connectivity index (χ0n) is 27.0. The van der Waals surface area contributed by atoms with E-state index in [0.29, 0.717) is 0 Å². The van der Waals surface area contributed by atoms with Crippen molar-refractivity contribution < 1.29 is 4.42 Å². The first-order valence-corrected chi connectivity index (χ1v) is 17.9. The molecule has 1 aromatic heterocycles. The number of hydrogen-bond donors (Lipinski definition) is 0. The highest BCUT2D eigenvalue weighted by Crippen LogP contribution is 2.69. The maximum absolute atomic E-state index is 6.16. The molecule has 1 heterocycles. The van der Waals surface area contributed by atoms with Crippen LogP contribution in [0.2, 0.25) is 0 Å². The van der Waals surface area contributed by atoms with Gasteiger partial charge in [0, 0.05) is 33.2 Å². The first-order chi connectivity index (χ1) is 23.7. The van der Waals surface area contributed by atoms with E-state index in [1.807, 2.05) is 12.1 Å². The zero-order valence-corrected chi connectivity index (χ0v) is 27.0. The highest BCUT2D eigenvalue weighted by atomic mass is 16.3. The second kappa shape index (κ2) is 9.97. The molecule has 0 unspecified atom stereocenters. The molecule has 4 bridgehead atoms. The quantitative estimate of drug-likeness (QED) is 0.195. The van der Waals surface area contributed by atoms with Crippen molar-refractivity contribution in [1.29, 1.82) is 0 Å². The molecule has 4 saturated carbocycles. The van der Waals surface area contributed by atoms with E-state index in [0.717, 1.165) is 62.7 Å². The maximum Gasteiger partial charge on any atom is 0.135 e. The topological polar surface area (TPSA) is 16.4 Å². The van der Waals surface area contributed by atoms with E-state index in [1.165, 1.54) is 54.4 Å². The second-order valence-corrected chi connectivity index (χ2v) is 15.0. The van der Waals surface area contributed by atoms with Crippen molar-refractivity contribution in [3.63, 3.8) is 0 Å². The van der Waals surface area contributed by atoms with Crippen LogP contribution in [0.4, 0.5) is 17.1 Å². The number of benzene rings is 6. The molecule has 2 nitrogen and oxygen atoms in total. The Morgan fingerprint density at radius 2 is 1.08 bits per heavy atom. The van der Waals surface area contributed by atoms with Crippen molar-refractivity contribution in [2.24, 2.45) is 23.7 Å². The third-order valence-electron chi connectivity index (χ3n) is 12.6. The van der Waals surface area contributed by atoms with Crippen LogP contribution in [0.25, 0.3) is 44.2 Å². The van der Waals surface area contributed by atoms with Crippen LogP contribution < -0.4 is 4.90 Å². The van der Waals surface area contributed by atoms with Gasteiger partial charge < -0.3 is 9.32 Å². The van der Waals surface area contributed by atoms with Gasteiger partial charge in [-0.25, -0.2) is 0 Å². The van der Waals surface area contributed by atoms with Crippen molar-refractivity contribution in [3.05, 3.63) is 151 Å². The summed E-state index contributed by atoms with van der Waals surface area (Å²) in [6.07, 6.45) is 7.18. The lowest BCUT2D eigenvalue weighted by Crippen LogP contribution is -2.55. The van der Waals surface area contributed by atoms with Crippen LogP contribution in [0.5, 0.6) is 0 Å². The number of nitrogens with zero attached hydrogens (tertiary/aromatic N) is 1. The minimum Gasteiger partial charge on any atom is -0.456 e. The first-order valence-electron chi connectivity index (χ1n) is 17.9. The van der Waals surface area contributed by atoms with Crippen molar-refractivity contribution in [2.75, 3.05) is 4.90 Å². The van der Waals surface area contributed by atoms with E-state index in [1.54, 1.807) is 11.1 Å². The van der Waals surface area contributed by atoms with Gasteiger partial charge in [0.1, 0.15) is 11.2 Å². The number of furan rings is 1. The summed E-state index contributed by atoms with van der Waals surface area (Å²) in [4.78, 5) is 2.35. The summed E-state index contributed by atoms with van der Waals surface area (Å²) in [5.74, 6) is 3.51. The minimum absolute atomic E-state index is 0.222. The van der Waals surface area contributed by atoms with E-state index < -0.39 is 0 Å². The average Bonchev–Trinajstić information content (AvgIpc) is 3.65. The monoisotopic (exact) mass is 619 g/mol. The number of hydrogen-bond acceptors (Lipinski definition) is 2. The molecule has 7 aromatic rings. The molecule has 5 aliphatic rings. The van der Waals surface area contributed by atoms with Crippen molar-refractivity contribution in [3.8, 4) is 22.3 Å². The molecule has 12 rings (SSSR count). The molecule has 0 radical (unpaired) electrons. The molecule has 4 fully saturated rings. The fraction of sp³-hybridized carbons (Fsp3) is 0.217. The van der Waals surface area contributed by atoms with Gasteiger partial charge in [0.2, 0.25) is 0 Å². The van der Waals surface area contributed by atoms with Gasteiger partial charge in [-0.3, -0.25) is 0 Å². The molecule has 0 saturated heterocycles. The Morgan fingerprint density at radius 3 is 1.90 bits per heavy atom. The molecule has 232 valence electrons. The summed E-state index contributed by atoms with van der Waals surface area (Å²) in [6.45, 7) is 0. The lowest BCUT2D eigenvalue weighted by atomic mass is 9.43. The molecule has 0 atom stereocenters. The highest BCUT2D eigenvalue weighted by Gasteiger charge is 2.61. The van der Waals surface area contributed by atoms with E-state index in [9.17, 15) is 0 Å². The molecule has 6 aromatic carbocycles. The van der Waals surface area contributed by atoms with Crippen LogP contribution >= 0.6 is 0 Å². The maximum atomic E-state index is 6.16. The van der Waals surface area contributed by atoms with Gasteiger partial charge in [0.15, 0.2) is 0 Å². The Kier molecular flexibility index (Phi) is 5.59. The molecule has 0 amide bonds. The Bertz CT molecular complexity index is 2340. The number of fused-ring (bicyclic) bond motifs is 6. The summed E-state index contributed by atoms with van der Waals surface area (Å²) in [6, 6.07) is 51.6. The largest absolute Gasteiger partial charge is 0.456 e. The van der Waals surface area contributed by atoms with Gasteiger partial charge in [-0.1, -0.05) is 84.9 Å². The lowest BCUT2D eigenvalue weighted by molar-refractivity contribution is -0.0399. The first kappa shape index (κ1) is 26.9. The summed E-state index contributed by atoms with van der Waals surface area (Å²) in [5.41, 5.74) is 14.2. The number of para-hydroxylation sites is 2. The second-order valence-electron chi connectivity index (χ2n) is 15.0. The van der Waals surface area contributed by atoms with Crippen LogP contribution in [-0.4, -0.2) is 0 Å². The molecular formula is C46H37NO. The van der Waals surface area contributed by atoms with Gasteiger partial charge in [-0.05, 0) is 144 Å². The Hall–Kier alpha value is -5.08. The van der Waals surface area contributed by atoms with E-state index in [2.05, 4.69) is 132 Å². The smallest absolute Gasteiger partial charge is 0.135 e. The van der Waals surface area contributed by atoms with E-state index in [-0.39, 0.29) is 5.41 Å². The van der Waals surface area contributed by atoms with Gasteiger partial charge in [0.05, 0.1) is 0 Å². The molecular weight excluding hydrogens is 583 g/mol. The number of anilines is 3.